The molecule has 0 unspecified atom stereocenters. The monoisotopic (exact) mass is 412 g/mol. The van der Waals surface area contributed by atoms with Crippen molar-refractivity contribution in [2.75, 3.05) is 7.11 Å². The van der Waals surface area contributed by atoms with Gasteiger partial charge in [0.2, 0.25) is 4.96 Å². The van der Waals surface area contributed by atoms with Crippen molar-refractivity contribution in [2.24, 2.45) is 0 Å². The molecular formula is C18H13BrN4OS. The Bertz CT molecular complexity index is 1040. The molecule has 0 aliphatic heterocycles. The van der Waals surface area contributed by atoms with E-state index in [1.54, 1.807) is 11.6 Å². The highest BCUT2D eigenvalue weighted by molar-refractivity contribution is 9.10. The largest absolute Gasteiger partial charge is 0.497 e. The summed E-state index contributed by atoms with van der Waals surface area (Å²) in [5, 5.41) is 13.9. The van der Waals surface area contributed by atoms with Gasteiger partial charge in [0.1, 0.15) is 10.8 Å². The average Bonchev–Trinajstić information content (AvgIpc) is 3.21. The molecule has 4 rings (SSSR count). The van der Waals surface area contributed by atoms with E-state index < -0.39 is 0 Å². The van der Waals surface area contributed by atoms with Crippen LogP contribution in [0.15, 0.2) is 53.0 Å². The van der Waals surface area contributed by atoms with Crippen LogP contribution < -0.4 is 4.74 Å². The number of rotatable bonds is 4. The zero-order valence-electron chi connectivity index (χ0n) is 13.3. The number of hydrogen-bond donors (Lipinski definition) is 0. The second-order valence-corrected chi connectivity index (χ2v) is 7.17. The third-order valence-electron chi connectivity index (χ3n) is 3.64. The van der Waals surface area contributed by atoms with Gasteiger partial charge < -0.3 is 4.74 Å². The Hall–Kier alpha value is -2.51. The first kappa shape index (κ1) is 16.0. The van der Waals surface area contributed by atoms with Crippen LogP contribution in [0.25, 0.3) is 28.5 Å². The number of halogens is 1. The van der Waals surface area contributed by atoms with Gasteiger partial charge in [0.15, 0.2) is 5.82 Å². The van der Waals surface area contributed by atoms with Crippen molar-refractivity contribution in [2.45, 2.75) is 0 Å². The van der Waals surface area contributed by atoms with Crippen molar-refractivity contribution in [3.8, 4) is 17.1 Å². The molecule has 0 atom stereocenters. The summed E-state index contributed by atoms with van der Waals surface area (Å²) < 4.78 is 7.97. The molecule has 0 bridgehead atoms. The Labute approximate surface area is 156 Å². The Morgan fingerprint density at radius 2 is 1.76 bits per heavy atom. The van der Waals surface area contributed by atoms with Crippen LogP contribution in [-0.2, 0) is 0 Å². The summed E-state index contributed by atoms with van der Waals surface area (Å²) in [5.74, 6) is 1.58. The van der Waals surface area contributed by atoms with E-state index in [2.05, 4.69) is 31.2 Å². The van der Waals surface area contributed by atoms with Gasteiger partial charge in [-0.2, -0.15) is 9.61 Å². The van der Waals surface area contributed by atoms with Gasteiger partial charge in [-0.15, -0.1) is 10.2 Å². The zero-order valence-corrected chi connectivity index (χ0v) is 15.7. The van der Waals surface area contributed by atoms with Crippen molar-refractivity contribution in [1.82, 2.24) is 19.8 Å². The minimum atomic E-state index is 0.739. The maximum atomic E-state index is 5.17. The third-order valence-corrected chi connectivity index (χ3v) is 5.04. The Morgan fingerprint density at radius 1 is 1.00 bits per heavy atom. The van der Waals surface area contributed by atoms with E-state index in [-0.39, 0.29) is 0 Å². The van der Waals surface area contributed by atoms with E-state index in [9.17, 15) is 0 Å². The number of aromatic nitrogens is 4. The lowest BCUT2D eigenvalue weighted by atomic mass is 10.2. The van der Waals surface area contributed by atoms with Crippen molar-refractivity contribution < 1.29 is 4.74 Å². The molecular weight excluding hydrogens is 400 g/mol. The highest BCUT2D eigenvalue weighted by Crippen LogP contribution is 2.24. The number of methoxy groups -OCH3 is 1. The van der Waals surface area contributed by atoms with Crippen molar-refractivity contribution >= 4 is 44.4 Å². The van der Waals surface area contributed by atoms with Crippen LogP contribution in [0.1, 0.15) is 10.6 Å². The molecule has 2 aromatic carbocycles. The van der Waals surface area contributed by atoms with Crippen LogP contribution >= 0.6 is 27.3 Å². The summed E-state index contributed by atoms with van der Waals surface area (Å²) in [6, 6.07) is 15.8. The fraction of sp³-hybridized carbons (Fsp3) is 0.0556. The summed E-state index contributed by atoms with van der Waals surface area (Å²) in [7, 11) is 1.66. The molecule has 0 aliphatic rings. The molecule has 0 radical (unpaired) electrons. The van der Waals surface area contributed by atoms with Crippen LogP contribution in [0.3, 0.4) is 0 Å². The quantitative estimate of drug-likeness (QED) is 0.483. The number of ether oxygens (including phenoxy) is 1. The molecule has 0 N–H and O–H groups in total. The summed E-state index contributed by atoms with van der Waals surface area (Å²) in [5.41, 5.74) is 2.06. The standard InChI is InChI=1S/C18H13BrN4OS/c1-24-15-9-2-12(3-10-15)4-11-16-22-23-17(20-21-18(23)25-16)13-5-7-14(19)8-6-13/h2-11H,1H3. The molecule has 25 heavy (non-hydrogen) atoms. The number of nitrogens with zero attached hydrogens (tertiary/aromatic N) is 4. The fourth-order valence-corrected chi connectivity index (χ4v) is 3.37. The SMILES string of the molecule is COc1ccc(C=Cc2nn3c(-c4ccc(Br)cc4)nnc3s2)cc1. The Kier molecular flexibility index (Phi) is 4.33. The second-order valence-electron chi connectivity index (χ2n) is 5.27. The van der Waals surface area contributed by atoms with Crippen molar-refractivity contribution in [1.29, 1.82) is 0 Å². The maximum Gasteiger partial charge on any atom is 0.235 e. The molecule has 0 aliphatic carbocycles. The maximum absolute atomic E-state index is 5.17. The van der Waals surface area contributed by atoms with Crippen LogP contribution in [0.5, 0.6) is 5.75 Å². The van der Waals surface area contributed by atoms with Crippen LogP contribution in [0, 0.1) is 0 Å². The van der Waals surface area contributed by atoms with Crippen molar-refractivity contribution in [3.05, 3.63) is 63.6 Å². The van der Waals surface area contributed by atoms with Gasteiger partial charge in [-0.25, -0.2) is 0 Å². The first-order valence-electron chi connectivity index (χ1n) is 7.53. The summed E-state index contributed by atoms with van der Waals surface area (Å²) >= 11 is 4.94. The van der Waals surface area contributed by atoms with Gasteiger partial charge in [-0.3, -0.25) is 0 Å². The van der Waals surface area contributed by atoms with Gasteiger partial charge in [0, 0.05) is 10.0 Å². The van der Waals surface area contributed by atoms with Crippen LogP contribution in [-0.4, -0.2) is 26.9 Å². The predicted octanol–water partition coefficient (Wildman–Crippen LogP) is 4.79. The molecule has 0 saturated carbocycles. The highest BCUT2D eigenvalue weighted by Gasteiger charge is 2.12. The highest BCUT2D eigenvalue weighted by atomic mass is 79.9. The van der Waals surface area contributed by atoms with Gasteiger partial charge in [0.25, 0.3) is 0 Å². The lowest BCUT2D eigenvalue weighted by molar-refractivity contribution is 0.415. The van der Waals surface area contributed by atoms with Gasteiger partial charge >= 0.3 is 0 Å². The van der Waals surface area contributed by atoms with Crippen LogP contribution in [0.4, 0.5) is 0 Å². The van der Waals surface area contributed by atoms with Gasteiger partial charge in [-0.05, 0) is 35.9 Å². The average molecular weight is 413 g/mol. The zero-order chi connectivity index (χ0) is 17.2. The lowest BCUT2D eigenvalue weighted by Crippen LogP contribution is -1.90. The Balaban J connectivity index is 1.63. The molecule has 2 heterocycles. The molecule has 0 amide bonds. The summed E-state index contributed by atoms with van der Waals surface area (Å²) in [6.07, 6.45) is 4.00. The molecule has 124 valence electrons. The topological polar surface area (TPSA) is 52.3 Å². The number of hydrogen-bond acceptors (Lipinski definition) is 5. The first-order chi connectivity index (χ1) is 12.2. The first-order valence-corrected chi connectivity index (χ1v) is 9.14. The predicted molar refractivity (Wildman–Crippen MR) is 104 cm³/mol. The molecule has 4 aromatic rings. The van der Waals surface area contributed by atoms with Crippen LogP contribution in [0.2, 0.25) is 0 Å². The van der Waals surface area contributed by atoms with E-state index >= 15 is 0 Å². The summed E-state index contributed by atoms with van der Waals surface area (Å²) in [4.78, 5) is 0.771. The molecule has 2 aromatic heterocycles. The fourth-order valence-electron chi connectivity index (χ4n) is 2.36. The number of fused-ring (bicyclic) bond motifs is 1. The molecule has 0 fully saturated rings. The van der Waals surface area contributed by atoms with Gasteiger partial charge in [0.05, 0.1) is 7.11 Å². The van der Waals surface area contributed by atoms with E-state index in [1.807, 2.05) is 60.7 Å². The minimum Gasteiger partial charge on any atom is -0.497 e. The molecule has 0 spiro atoms. The van der Waals surface area contributed by atoms with Crippen molar-refractivity contribution in [3.63, 3.8) is 0 Å². The second kappa shape index (κ2) is 6.78. The Morgan fingerprint density at radius 3 is 2.48 bits per heavy atom. The molecule has 7 heteroatoms. The van der Waals surface area contributed by atoms with E-state index in [1.165, 1.54) is 11.3 Å². The third kappa shape index (κ3) is 3.33. The minimum absolute atomic E-state index is 0.739. The molecule has 0 saturated heterocycles. The summed E-state index contributed by atoms with van der Waals surface area (Å²) in [6.45, 7) is 0. The number of benzene rings is 2. The van der Waals surface area contributed by atoms with E-state index in [0.717, 1.165) is 37.1 Å². The molecule has 5 nitrogen and oxygen atoms in total. The van der Waals surface area contributed by atoms with E-state index in [4.69, 9.17) is 4.74 Å². The van der Waals surface area contributed by atoms with Gasteiger partial charge in [-0.1, -0.05) is 57.6 Å². The van der Waals surface area contributed by atoms with E-state index in [0.29, 0.717) is 0 Å². The smallest absolute Gasteiger partial charge is 0.235 e. The lowest BCUT2D eigenvalue weighted by Gasteiger charge is -1.98. The normalized spacial score (nSPS) is 11.4.